The van der Waals surface area contributed by atoms with Crippen LogP contribution in [-0.2, 0) is 28.3 Å². The van der Waals surface area contributed by atoms with Crippen molar-refractivity contribution < 1.29 is 26.4 Å². The maximum absolute atomic E-state index is 13.2. The number of alkyl halides is 3. The number of rotatable bonds is 8. The fourth-order valence-electron chi connectivity index (χ4n) is 3.92. The van der Waals surface area contributed by atoms with E-state index in [-0.39, 0.29) is 39.8 Å². The molecule has 0 spiro atoms. The van der Waals surface area contributed by atoms with E-state index in [2.05, 4.69) is 4.98 Å². The lowest BCUT2D eigenvalue weighted by Gasteiger charge is -2.22. The summed E-state index contributed by atoms with van der Waals surface area (Å²) in [6, 6.07) is 8.68. The molecule has 36 heavy (non-hydrogen) atoms. The molecule has 0 radical (unpaired) electrons. The minimum Gasteiger partial charge on any atom is -0.333 e. The van der Waals surface area contributed by atoms with E-state index < -0.39 is 27.3 Å². The van der Waals surface area contributed by atoms with Crippen molar-refractivity contribution in [2.45, 2.75) is 49.4 Å². The minimum absolute atomic E-state index is 0.0134. The normalized spacial score (nSPS) is 14.2. The van der Waals surface area contributed by atoms with Crippen LogP contribution in [0.15, 0.2) is 53.8 Å². The van der Waals surface area contributed by atoms with Crippen LogP contribution in [0.25, 0.3) is 0 Å². The number of aromatic nitrogens is 2. The van der Waals surface area contributed by atoms with Crippen LogP contribution < -0.4 is 0 Å². The van der Waals surface area contributed by atoms with Crippen molar-refractivity contribution in [3.8, 4) is 0 Å². The third-order valence-corrected chi connectivity index (χ3v) is 7.94. The molecule has 1 aromatic heterocycles. The Kier molecular flexibility index (Phi) is 7.41. The molecule has 1 amide bonds. The van der Waals surface area contributed by atoms with Crippen molar-refractivity contribution in [3.05, 3.63) is 81.1 Å². The Bertz CT molecular complexity index is 1400. The molecule has 4 rings (SSSR count). The number of imidazole rings is 1. The van der Waals surface area contributed by atoms with Crippen LogP contribution in [0.1, 0.15) is 53.0 Å². The van der Waals surface area contributed by atoms with Crippen molar-refractivity contribution in [2.24, 2.45) is 0 Å². The molecule has 1 aliphatic rings. The molecule has 0 aliphatic heterocycles. The molecule has 1 heterocycles. The van der Waals surface area contributed by atoms with Gasteiger partial charge < -0.3 is 9.47 Å². The van der Waals surface area contributed by atoms with Crippen LogP contribution in [-0.4, -0.2) is 35.3 Å². The van der Waals surface area contributed by atoms with Crippen LogP contribution >= 0.6 is 23.2 Å². The molecule has 1 aliphatic carbocycles. The zero-order valence-corrected chi connectivity index (χ0v) is 21.4. The topological polar surface area (TPSA) is 72.3 Å². The Hall–Kier alpha value is -2.56. The van der Waals surface area contributed by atoms with Crippen LogP contribution in [0.3, 0.4) is 0 Å². The van der Waals surface area contributed by atoms with Gasteiger partial charge in [0.1, 0.15) is 0 Å². The van der Waals surface area contributed by atoms with Crippen molar-refractivity contribution in [2.75, 3.05) is 6.54 Å². The van der Waals surface area contributed by atoms with Gasteiger partial charge in [-0.3, -0.25) is 4.79 Å². The van der Waals surface area contributed by atoms with E-state index in [1.165, 1.54) is 35.4 Å². The molecule has 192 valence electrons. The van der Waals surface area contributed by atoms with Gasteiger partial charge in [0, 0.05) is 17.6 Å². The van der Waals surface area contributed by atoms with E-state index in [1.807, 2.05) is 0 Å². The van der Waals surface area contributed by atoms with Crippen molar-refractivity contribution >= 4 is 38.9 Å². The van der Waals surface area contributed by atoms with Gasteiger partial charge in [0.15, 0.2) is 0 Å². The first-order chi connectivity index (χ1) is 16.9. The summed E-state index contributed by atoms with van der Waals surface area (Å²) < 4.78 is 67.3. The van der Waals surface area contributed by atoms with E-state index >= 15 is 0 Å². The predicted octanol–water partition coefficient (Wildman–Crippen LogP) is 6.18. The highest BCUT2D eigenvalue weighted by Gasteiger charge is 2.35. The first kappa shape index (κ1) is 26.5. The predicted molar refractivity (Wildman–Crippen MR) is 130 cm³/mol. The van der Waals surface area contributed by atoms with E-state index in [4.69, 9.17) is 23.2 Å². The summed E-state index contributed by atoms with van der Waals surface area (Å²) in [6.07, 6.45) is -1.71. The molecule has 2 aromatic carbocycles. The standard InChI is InChI=1S/C24H22Cl2F3N3O3S/c1-2-31(22(33)20-9-6-17(25)11-21(20)26)13-19-12-30-23(32(19)18-7-8-18)36(34,35)14-15-4-3-5-16(10-15)24(27,28)29/h3-6,9-12,18H,2,7-8,13-14H2,1H3. The molecule has 1 fully saturated rings. The van der Waals surface area contributed by atoms with Gasteiger partial charge in [-0.15, -0.1) is 0 Å². The second kappa shape index (κ2) is 10.1. The highest BCUT2D eigenvalue weighted by Crippen LogP contribution is 2.39. The highest BCUT2D eigenvalue weighted by molar-refractivity contribution is 7.90. The number of carbonyl (C=O) groups excluding carboxylic acids is 1. The number of carbonyl (C=O) groups is 1. The fraction of sp³-hybridized carbons (Fsp3) is 0.333. The van der Waals surface area contributed by atoms with Crippen molar-refractivity contribution in [3.63, 3.8) is 0 Å². The molecule has 0 bridgehead atoms. The van der Waals surface area contributed by atoms with Crippen molar-refractivity contribution in [1.29, 1.82) is 0 Å². The number of hydrogen-bond acceptors (Lipinski definition) is 4. The molecule has 12 heteroatoms. The monoisotopic (exact) mass is 559 g/mol. The average Bonchev–Trinajstić information content (AvgIpc) is 3.55. The molecule has 0 saturated heterocycles. The summed E-state index contributed by atoms with van der Waals surface area (Å²) in [4.78, 5) is 18.8. The largest absolute Gasteiger partial charge is 0.416 e. The zero-order chi connectivity index (χ0) is 26.3. The lowest BCUT2D eigenvalue weighted by molar-refractivity contribution is -0.137. The zero-order valence-electron chi connectivity index (χ0n) is 19.1. The maximum Gasteiger partial charge on any atom is 0.416 e. The van der Waals surface area contributed by atoms with Crippen LogP contribution in [0.4, 0.5) is 13.2 Å². The molecule has 6 nitrogen and oxygen atoms in total. The number of sulfone groups is 1. The van der Waals surface area contributed by atoms with Crippen LogP contribution in [0, 0.1) is 0 Å². The summed E-state index contributed by atoms with van der Waals surface area (Å²) in [5, 5.41) is 0.374. The Morgan fingerprint density at radius 2 is 1.89 bits per heavy atom. The Balaban J connectivity index is 1.62. The van der Waals surface area contributed by atoms with Crippen LogP contribution in [0.5, 0.6) is 0 Å². The Morgan fingerprint density at radius 3 is 2.50 bits per heavy atom. The number of hydrogen-bond donors (Lipinski definition) is 0. The summed E-state index contributed by atoms with van der Waals surface area (Å²) >= 11 is 12.1. The van der Waals surface area contributed by atoms with E-state index in [0.717, 1.165) is 25.0 Å². The number of halogens is 5. The average molecular weight is 560 g/mol. The van der Waals surface area contributed by atoms with Crippen LogP contribution in [0.2, 0.25) is 10.0 Å². The smallest absolute Gasteiger partial charge is 0.333 e. The molecule has 0 atom stereocenters. The second-order valence-electron chi connectivity index (χ2n) is 8.53. The molecule has 3 aromatic rings. The van der Waals surface area contributed by atoms with E-state index in [9.17, 15) is 26.4 Å². The number of nitrogens with zero attached hydrogens (tertiary/aromatic N) is 3. The van der Waals surface area contributed by atoms with Gasteiger partial charge in [-0.25, -0.2) is 13.4 Å². The number of amides is 1. The lowest BCUT2D eigenvalue weighted by Crippen LogP contribution is -2.31. The molecule has 0 unspecified atom stereocenters. The SMILES string of the molecule is CCN(Cc1cnc(S(=O)(=O)Cc2cccc(C(F)(F)F)c2)n1C1CC1)C(=O)c1ccc(Cl)cc1Cl. The fourth-order valence-corrected chi connectivity index (χ4v) is 5.94. The van der Waals surface area contributed by atoms with Gasteiger partial charge in [0.05, 0.1) is 40.3 Å². The number of benzene rings is 2. The molecular weight excluding hydrogens is 538 g/mol. The Labute approximate surface area is 216 Å². The summed E-state index contributed by atoms with van der Waals surface area (Å²) in [5.74, 6) is -0.979. The van der Waals surface area contributed by atoms with E-state index in [1.54, 1.807) is 17.6 Å². The summed E-state index contributed by atoms with van der Waals surface area (Å²) in [7, 11) is -4.07. The van der Waals surface area contributed by atoms with Gasteiger partial charge in [0.2, 0.25) is 15.0 Å². The van der Waals surface area contributed by atoms with Crippen molar-refractivity contribution in [1.82, 2.24) is 14.5 Å². The molecule has 1 saturated carbocycles. The summed E-state index contributed by atoms with van der Waals surface area (Å²) in [5.41, 5.74) is -0.128. The third kappa shape index (κ3) is 5.71. The van der Waals surface area contributed by atoms with Gasteiger partial charge in [-0.05, 0) is 49.6 Å². The van der Waals surface area contributed by atoms with E-state index in [0.29, 0.717) is 17.3 Å². The van der Waals surface area contributed by atoms with Gasteiger partial charge in [-0.1, -0.05) is 41.4 Å². The van der Waals surface area contributed by atoms with Gasteiger partial charge in [0.25, 0.3) is 5.91 Å². The molecular formula is C24H22Cl2F3N3O3S. The first-order valence-corrected chi connectivity index (χ1v) is 13.5. The highest BCUT2D eigenvalue weighted by atomic mass is 35.5. The summed E-state index contributed by atoms with van der Waals surface area (Å²) in [6.45, 7) is 2.18. The second-order valence-corrected chi connectivity index (χ2v) is 11.3. The Morgan fingerprint density at radius 1 is 1.17 bits per heavy atom. The maximum atomic E-state index is 13.2. The first-order valence-electron chi connectivity index (χ1n) is 11.1. The quantitative estimate of drug-likeness (QED) is 0.330. The third-order valence-electron chi connectivity index (χ3n) is 5.82. The van der Waals surface area contributed by atoms with Gasteiger partial charge in [-0.2, -0.15) is 13.2 Å². The lowest BCUT2D eigenvalue weighted by atomic mass is 10.1. The minimum atomic E-state index is -4.58. The van der Waals surface area contributed by atoms with Gasteiger partial charge >= 0.3 is 6.18 Å². The molecule has 0 N–H and O–H groups in total.